The van der Waals surface area contributed by atoms with Crippen molar-refractivity contribution in [2.45, 2.75) is 20.8 Å². The Labute approximate surface area is 130 Å². The van der Waals surface area contributed by atoms with Crippen LogP contribution in [0, 0.1) is 25.8 Å². The third-order valence-corrected chi connectivity index (χ3v) is 2.00. The minimum atomic E-state index is -0.502. The number of H-pyrrole nitrogens is 3. The van der Waals surface area contributed by atoms with E-state index in [1.54, 1.807) is 25.8 Å². The van der Waals surface area contributed by atoms with Crippen molar-refractivity contribution in [2.75, 3.05) is 11.9 Å². The zero-order valence-corrected chi connectivity index (χ0v) is 13.0. The van der Waals surface area contributed by atoms with E-state index >= 15 is 0 Å². The van der Waals surface area contributed by atoms with Crippen LogP contribution in [0.25, 0.3) is 0 Å². The molecule has 3 aromatic rings. The molecule has 0 bridgehead atoms. The molecule has 0 saturated carbocycles. The number of aryl methyl sites for hydroxylation is 2. The molecule has 0 saturated heterocycles. The SMILES string of the molecule is CC#CN(C)c1nn[nH]n1.Cc1ncn[nH]1.Cc1noc(=O)[nH]1. The predicted octanol–water partition coefficient (Wildman–Crippen LogP) is -0.599. The van der Waals surface area contributed by atoms with Gasteiger partial charge in [-0.3, -0.25) is 19.5 Å². The Hall–Kier alpha value is -3.49. The Morgan fingerprint density at radius 3 is 2.39 bits per heavy atom. The third-order valence-electron chi connectivity index (χ3n) is 2.00. The van der Waals surface area contributed by atoms with Crippen LogP contribution < -0.4 is 10.7 Å². The predicted molar refractivity (Wildman–Crippen MR) is 79.0 cm³/mol. The van der Waals surface area contributed by atoms with E-state index in [9.17, 15) is 4.79 Å². The molecule has 0 aliphatic rings. The van der Waals surface area contributed by atoms with Gasteiger partial charge in [0, 0.05) is 13.1 Å². The molecule has 3 heterocycles. The molecule has 3 rings (SSSR count). The Morgan fingerprint density at radius 1 is 1.30 bits per heavy atom. The molecule has 0 aliphatic heterocycles. The van der Waals surface area contributed by atoms with Gasteiger partial charge >= 0.3 is 5.76 Å². The van der Waals surface area contributed by atoms with Crippen molar-refractivity contribution in [1.82, 2.24) is 45.9 Å². The van der Waals surface area contributed by atoms with Crippen molar-refractivity contribution in [3.8, 4) is 12.0 Å². The lowest BCUT2D eigenvalue weighted by Gasteiger charge is -2.00. The number of anilines is 1. The highest BCUT2D eigenvalue weighted by Gasteiger charge is 1.99. The van der Waals surface area contributed by atoms with Crippen LogP contribution in [-0.4, -0.2) is 53.0 Å². The Bertz CT molecular complexity index is 762. The molecule has 12 heteroatoms. The van der Waals surface area contributed by atoms with Gasteiger partial charge in [-0.05, 0) is 26.0 Å². The van der Waals surface area contributed by atoms with Gasteiger partial charge in [-0.25, -0.2) is 9.78 Å². The van der Waals surface area contributed by atoms with E-state index in [4.69, 9.17) is 0 Å². The first-order chi connectivity index (χ1) is 11.0. The maximum atomic E-state index is 10.0. The average molecular weight is 320 g/mol. The molecule has 3 N–H and O–H groups in total. The second kappa shape index (κ2) is 9.45. The summed E-state index contributed by atoms with van der Waals surface area (Å²) in [5.41, 5.74) is 0. The van der Waals surface area contributed by atoms with Crippen molar-refractivity contribution < 1.29 is 4.52 Å². The minimum Gasteiger partial charge on any atom is -0.296 e. The molecule has 0 atom stereocenters. The van der Waals surface area contributed by atoms with Gasteiger partial charge in [-0.2, -0.15) is 10.3 Å². The molecular weight excluding hydrogens is 304 g/mol. The topological polar surface area (TPSA) is 158 Å². The fourth-order valence-corrected chi connectivity index (χ4v) is 1.09. The third kappa shape index (κ3) is 7.18. The number of rotatable bonds is 1. The van der Waals surface area contributed by atoms with Gasteiger partial charge in [-0.15, -0.1) is 5.10 Å². The highest BCUT2D eigenvalue weighted by molar-refractivity contribution is 5.34. The molecule has 0 aromatic carbocycles. The fraction of sp³-hybridized carbons (Fsp3) is 0.364. The van der Waals surface area contributed by atoms with Crippen molar-refractivity contribution in [3.05, 3.63) is 28.5 Å². The quantitative estimate of drug-likeness (QED) is 0.393. The Balaban J connectivity index is 0.000000179. The number of hydrogen-bond acceptors (Lipinski definition) is 9. The summed E-state index contributed by atoms with van der Waals surface area (Å²) in [6, 6.07) is 2.75. The van der Waals surface area contributed by atoms with E-state index in [0.717, 1.165) is 5.82 Å². The second-order valence-corrected chi connectivity index (χ2v) is 3.88. The van der Waals surface area contributed by atoms with Crippen molar-refractivity contribution >= 4 is 5.95 Å². The van der Waals surface area contributed by atoms with Crippen molar-refractivity contribution in [3.63, 3.8) is 0 Å². The van der Waals surface area contributed by atoms with Gasteiger partial charge in [0.2, 0.25) is 0 Å². The van der Waals surface area contributed by atoms with Gasteiger partial charge in [0.1, 0.15) is 18.0 Å². The van der Waals surface area contributed by atoms with Gasteiger partial charge < -0.3 is 0 Å². The van der Waals surface area contributed by atoms with Crippen LogP contribution in [0.4, 0.5) is 5.95 Å². The first-order valence-electron chi connectivity index (χ1n) is 6.27. The number of tetrazole rings is 1. The summed E-state index contributed by atoms with van der Waals surface area (Å²) in [7, 11) is 1.77. The monoisotopic (exact) mass is 320 g/mol. The fourth-order valence-electron chi connectivity index (χ4n) is 1.09. The molecule has 23 heavy (non-hydrogen) atoms. The lowest BCUT2D eigenvalue weighted by Crippen LogP contribution is -2.10. The van der Waals surface area contributed by atoms with Crippen LogP contribution in [0.2, 0.25) is 0 Å². The van der Waals surface area contributed by atoms with Crippen LogP contribution in [0.3, 0.4) is 0 Å². The summed E-state index contributed by atoms with van der Waals surface area (Å²) in [5, 5.41) is 22.6. The summed E-state index contributed by atoms with van der Waals surface area (Å²) >= 11 is 0. The van der Waals surface area contributed by atoms with Crippen molar-refractivity contribution in [2.24, 2.45) is 0 Å². The minimum absolute atomic E-state index is 0.481. The van der Waals surface area contributed by atoms with E-state index in [1.807, 2.05) is 6.92 Å². The molecule has 0 spiro atoms. The first kappa shape index (κ1) is 17.6. The molecular formula is C11H16N10O2. The molecule has 0 radical (unpaired) electrons. The molecule has 122 valence electrons. The number of aromatic amines is 3. The van der Waals surface area contributed by atoms with Gasteiger partial charge in [0.15, 0.2) is 0 Å². The second-order valence-electron chi connectivity index (χ2n) is 3.88. The van der Waals surface area contributed by atoms with Gasteiger partial charge in [0.25, 0.3) is 5.95 Å². The number of nitrogens with zero attached hydrogens (tertiary/aromatic N) is 7. The van der Waals surface area contributed by atoms with Crippen LogP contribution in [0.15, 0.2) is 15.6 Å². The lowest BCUT2D eigenvalue weighted by atomic mass is 10.7. The maximum Gasteiger partial charge on any atom is 0.438 e. The highest BCUT2D eigenvalue weighted by atomic mass is 16.5. The highest BCUT2D eigenvalue weighted by Crippen LogP contribution is 1.95. The average Bonchev–Trinajstić information content (AvgIpc) is 3.24. The standard InChI is InChI=1S/C5H7N5.C3H5N3.C3H4N2O2/c1-3-4-10(2)5-6-8-9-7-5;1-3-4-2-5-6-3;1-2-4-3(6)7-5-2/h1-2H3,(H,6,7,8,9);2H,1H3,(H,4,5,6);1H3,(H,4,5,6). The van der Waals surface area contributed by atoms with E-state index < -0.39 is 5.76 Å². The molecule has 3 aromatic heterocycles. The van der Waals surface area contributed by atoms with Gasteiger partial charge in [-0.1, -0.05) is 16.2 Å². The molecule has 0 amide bonds. The lowest BCUT2D eigenvalue weighted by molar-refractivity contribution is 0.383. The van der Waals surface area contributed by atoms with Crippen LogP contribution in [0.5, 0.6) is 0 Å². The number of nitrogens with one attached hydrogen (secondary N) is 3. The van der Waals surface area contributed by atoms with Crippen molar-refractivity contribution in [1.29, 1.82) is 0 Å². The molecule has 12 nitrogen and oxygen atoms in total. The summed E-state index contributed by atoms with van der Waals surface area (Å²) in [6.45, 7) is 5.24. The molecule has 0 fully saturated rings. The largest absolute Gasteiger partial charge is 0.438 e. The smallest absolute Gasteiger partial charge is 0.296 e. The van der Waals surface area contributed by atoms with Gasteiger partial charge in [0.05, 0.1) is 0 Å². The summed E-state index contributed by atoms with van der Waals surface area (Å²) < 4.78 is 4.10. The molecule has 0 aliphatic carbocycles. The summed E-state index contributed by atoms with van der Waals surface area (Å²) in [6.07, 6.45) is 1.48. The van der Waals surface area contributed by atoms with E-state index in [0.29, 0.717) is 11.8 Å². The zero-order chi connectivity index (χ0) is 17.1. The summed E-state index contributed by atoms with van der Waals surface area (Å²) in [4.78, 5) is 17.6. The zero-order valence-electron chi connectivity index (χ0n) is 13.0. The maximum absolute atomic E-state index is 10.0. The Morgan fingerprint density at radius 2 is 2.09 bits per heavy atom. The van der Waals surface area contributed by atoms with Crippen LogP contribution in [0.1, 0.15) is 18.6 Å². The van der Waals surface area contributed by atoms with Crippen LogP contribution >= 0.6 is 0 Å². The first-order valence-corrected chi connectivity index (χ1v) is 6.27. The summed E-state index contributed by atoms with van der Waals surface area (Å²) in [5.74, 6) is 4.05. The Kier molecular flexibility index (Phi) is 7.21. The normalized spacial score (nSPS) is 8.70. The van der Waals surface area contributed by atoms with E-state index in [1.165, 1.54) is 6.33 Å². The number of hydrogen-bond donors (Lipinski definition) is 3. The van der Waals surface area contributed by atoms with E-state index in [-0.39, 0.29) is 0 Å². The molecule has 0 unspecified atom stereocenters. The number of aromatic nitrogens is 9. The van der Waals surface area contributed by atoms with E-state index in [2.05, 4.69) is 62.4 Å². The van der Waals surface area contributed by atoms with Crippen LogP contribution in [-0.2, 0) is 0 Å².